The van der Waals surface area contributed by atoms with E-state index in [1.165, 1.54) is 23.0 Å². The molecule has 0 aliphatic heterocycles. The second kappa shape index (κ2) is 13.0. The average molecular weight is 539 g/mol. The van der Waals surface area contributed by atoms with Gasteiger partial charge in [-0.1, -0.05) is 29.8 Å². The molecule has 2 amide bonds. The van der Waals surface area contributed by atoms with Crippen molar-refractivity contribution < 1.29 is 29.0 Å². The maximum absolute atomic E-state index is 13.8. The smallest absolute Gasteiger partial charge is 0.305 e. The van der Waals surface area contributed by atoms with Crippen molar-refractivity contribution in [3.05, 3.63) is 82.4 Å². The summed E-state index contributed by atoms with van der Waals surface area (Å²) in [5, 5.41) is 9.66. The summed E-state index contributed by atoms with van der Waals surface area (Å²) in [4.78, 5) is 41.6. The summed E-state index contributed by atoms with van der Waals surface area (Å²) in [6.07, 6.45) is -0.256. The van der Waals surface area contributed by atoms with Crippen molar-refractivity contribution in [2.24, 2.45) is 0 Å². The van der Waals surface area contributed by atoms with Crippen LogP contribution in [-0.2, 0) is 9.59 Å². The molecule has 0 saturated heterocycles. The number of carbonyl (C=O) groups is 3. The summed E-state index contributed by atoms with van der Waals surface area (Å²) >= 11 is 6.18. The van der Waals surface area contributed by atoms with Crippen LogP contribution in [0.4, 0.5) is 11.4 Å². The van der Waals surface area contributed by atoms with Crippen LogP contribution in [0.1, 0.15) is 34.3 Å². The van der Waals surface area contributed by atoms with Crippen LogP contribution in [-0.4, -0.2) is 50.2 Å². The number of rotatable bonds is 11. The van der Waals surface area contributed by atoms with Crippen molar-refractivity contribution >= 4 is 40.8 Å². The number of halogens is 1. The number of carboxylic acid groups (broad SMARTS) is 1. The molecule has 0 fully saturated rings. The van der Waals surface area contributed by atoms with Gasteiger partial charge in [-0.25, -0.2) is 0 Å². The monoisotopic (exact) mass is 538 g/mol. The first-order valence-corrected chi connectivity index (χ1v) is 12.4. The molecule has 1 N–H and O–H groups in total. The van der Waals surface area contributed by atoms with E-state index in [-0.39, 0.29) is 37.4 Å². The minimum absolute atomic E-state index is 0.0124. The van der Waals surface area contributed by atoms with E-state index in [1.807, 2.05) is 32.0 Å². The average Bonchev–Trinajstić information content (AvgIpc) is 2.90. The summed E-state index contributed by atoms with van der Waals surface area (Å²) in [6, 6.07) is 17.3. The maximum atomic E-state index is 13.8. The van der Waals surface area contributed by atoms with Gasteiger partial charge in [0.25, 0.3) is 5.91 Å². The molecule has 0 aliphatic carbocycles. The minimum atomic E-state index is -1.00. The van der Waals surface area contributed by atoms with Gasteiger partial charge in [0, 0.05) is 35.9 Å². The molecule has 200 valence electrons. The van der Waals surface area contributed by atoms with Crippen LogP contribution in [0.25, 0.3) is 0 Å². The third kappa shape index (κ3) is 6.83. The van der Waals surface area contributed by atoms with Gasteiger partial charge in [0.1, 0.15) is 11.5 Å². The van der Waals surface area contributed by atoms with Gasteiger partial charge >= 0.3 is 5.97 Å². The van der Waals surface area contributed by atoms with Gasteiger partial charge < -0.3 is 24.4 Å². The van der Waals surface area contributed by atoms with E-state index < -0.39 is 11.9 Å². The zero-order valence-electron chi connectivity index (χ0n) is 21.9. The molecule has 3 aromatic carbocycles. The molecule has 38 heavy (non-hydrogen) atoms. The SMILES string of the molecule is COc1ccc(N(CCC(=O)N(CCC(=O)O)c2c(C)cccc2C)C(=O)c2cc(Cl)ccc2OC)cc1. The van der Waals surface area contributed by atoms with Crippen molar-refractivity contribution in [3.8, 4) is 11.5 Å². The Morgan fingerprint density at radius 2 is 1.47 bits per heavy atom. The molecule has 0 aromatic heterocycles. The van der Waals surface area contributed by atoms with E-state index in [9.17, 15) is 19.5 Å². The number of hydrogen-bond acceptors (Lipinski definition) is 5. The predicted molar refractivity (Wildman–Crippen MR) is 148 cm³/mol. The van der Waals surface area contributed by atoms with Gasteiger partial charge in [-0.15, -0.1) is 0 Å². The lowest BCUT2D eigenvalue weighted by Gasteiger charge is -2.28. The first-order chi connectivity index (χ1) is 18.2. The molecule has 0 radical (unpaired) electrons. The van der Waals surface area contributed by atoms with Crippen LogP contribution in [0.5, 0.6) is 11.5 Å². The van der Waals surface area contributed by atoms with Crippen LogP contribution in [0, 0.1) is 13.8 Å². The highest BCUT2D eigenvalue weighted by molar-refractivity contribution is 6.31. The Hall–Kier alpha value is -4.04. The highest BCUT2D eigenvalue weighted by Crippen LogP contribution is 2.29. The lowest BCUT2D eigenvalue weighted by atomic mass is 10.1. The summed E-state index contributed by atoms with van der Waals surface area (Å²) in [5.74, 6) is -0.730. The molecule has 0 bridgehead atoms. The van der Waals surface area contributed by atoms with Crippen molar-refractivity contribution in [2.75, 3.05) is 37.1 Å². The second-order valence-corrected chi connectivity index (χ2v) is 9.12. The number of anilines is 2. The topological polar surface area (TPSA) is 96.4 Å². The summed E-state index contributed by atoms with van der Waals surface area (Å²) in [6.45, 7) is 3.80. The Morgan fingerprint density at radius 1 is 0.842 bits per heavy atom. The Kier molecular flexibility index (Phi) is 9.73. The quantitative estimate of drug-likeness (QED) is 0.345. The third-order valence-corrected chi connectivity index (χ3v) is 6.37. The van der Waals surface area contributed by atoms with Crippen LogP contribution in [0.15, 0.2) is 60.7 Å². The molecule has 3 rings (SSSR count). The first-order valence-electron chi connectivity index (χ1n) is 12.0. The molecule has 0 atom stereocenters. The number of methoxy groups -OCH3 is 2. The van der Waals surface area contributed by atoms with Crippen molar-refractivity contribution in [3.63, 3.8) is 0 Å². The zero-order valence-corrected chi connectivity index (χ0v) is 22.6. The summed E-state index contributed by atoms with van der Waals surface area (Å²) in [7, 11) is 3.01. The van der Waals surface area contributed by atoms with Crippen molar-refractivity contribution in [2.45, 2.75) is 26.7 Å². The minimum Gasteiger partial charge on any atom is -0.497 e. The molecular formula is C29H31ClN2O6. The molecule has 0 aliphatic rings. The highest BCUT2D eigenvalue weighted by atomic mass is 35.5. The first kappa shape index (κ1) is 28.5. The predicted octanol–water partition coefficient (Wildman–Crippen LogP) is 5.52. The van der Waals surface area contributed by atoms with Gasteiger partial charge in [-0.2, -0.15) is 0 Å². The fourth-order valence-corrected chi connectivity index (χ4v) is 4.42. The number of hydrogen-bond donors (Lipinski definition) is 1. The molecule has 9 heteroatoms. The van der Waals surface area contributed by atoms with Crippen molar-refractivity contribution in [1.29, 1.82) is 0 Å². The third-order valence-electron chi connectivity index (χ3n) is 6.13. The molecule has 8 nitrogen and oxygen atoms in total. The number of aryl methyl sites for hydroxylation is 2. The normalized spacial score (nSPS) is 10.6. The number of ether oxygens (including phenoxy) is 2. The number of carbonyl (C=O) groups excluding carboxylic acids is 2. The fraction of sp³-hybridized carbons (Fsp3) is 0.276. The summed E-state index contributed by atoms with van der Waals surface area (Å²) in [5.41, 5.74) is 3.19. The Balaban J connectivity index is 1.96. The number of nitrogens with zero attached hydrogens (tertiary/aromatic N) is 2. The van der Waals surface area contributed by atoms with E-state index in [4.69, 9.17) is 21.1 Å². The fourth-order valence-electron chi connectivity index (χ4n) is 4.25. The molecule has 0 saturated carbocycles. The lowest BCUT2D eigenvalue weighted by molar-refractivity contribution is -0.136. The van der Waals surface area contributed by atoms with E-state index in [0.717, 1.165) is 11.1 Å². The zero-order chi connectivity index (χ0) is 27.8. The Morgan fingerprint density at radius 3 is 2.05 bits per heavy atom. The number of para-hydroxylation sites is 1. The number of aliphatic carboxylic acids is 1. The standard InChI is InChI=1S/C29H31ClN2O6/c1-19-6-5-7-20(2)28(19)32(17-15-27(34)35)26(33)14-16-31(22-9-11-23(37-3)12-10-22)29(36)24-18-21(30)8-13-25(24)38-4/h5-13,18H,14-17H2,1-4H3,(H,34,35). The van der Waals surface area contributed by atoms with Crippen LogP contribution in [0.2, 0.25) is 5.02 Å². The van der Waals surface area contributed by atoms with Crippen LogP contribution >= 0.6 is 11.6 Å². The van der Waals surface area contributed by atoms with E-state index >= 15 is 0 Å². The van der Waals surface area contributed by atoms with Crippen LogP contribution in [0.3, 0.4) is 0 Å². The number of benzene rings is 3. The molecule has 0 spiro atoms. The largest absolute Gasteiger partial charge is 0.497 e. The number of amides is 2. The van der Waals surface area contributed by atoms with E-state index in [2.05, 4.69) is 0 Å². The van der Waals surface area contributed by atoms with Gasteiger partial charge in [0.15, 0.2) is 0 Å². The van der Waals surface area contributed by atoms with Gasteiger partial charge in [0.2, 0.25) is 5.91 Å². The lowest BCUT2D eigenvalue weighted by Crippen LogP contribution is -2.39. The van der Waals surface area contributed by atoms with Crippen molar-refractivity contribution in [1.82, 2.24) is 0 Å². The maximum Gasteiger partial charge on any atom is 0.305 e. The highest BCUT2D eigenvalue weighted by Gasteiger charge is 2.25. The van der Waals surface area contributed by atoms with E-state index in [1.54, 1.807) is 43.5 Å². The van der Waals surface area contributed by atoms with Gasteiger partial charge in [0.05, 0.1) is 26.2 Å². The molecule has 3 aromatic rings. The second-order valence-electron chi connectivity index (χ2n) is 8.68. The Labute approximate surface area is 227 Å². The Bertz CT molecular complexity index is 1290. The molecular weight excluding hydrogens is 508 g/mol. The van der Waals surface area contributed by atoms with E-state index in [0.29, 0.717) is 27.9 Å². The molecule has 0 unspecified atom stereocenters. The summed E-state index contributed by atoms with van der Waals surface area (Å²) < 4.78 is 10.6. The van der Waals surface area contributed by atoms with Gasteiger partial charge in [-0.3, -0.25) is 14.4 Å². The van der Waals surface area contributed by atoms with Gasteiger partial charge in [-0.05, 0) is 67.4 Å². The van der Waals surface area contributed by atoms with Crippen LogP contribution < -0.4 is 19.3 Å². The number of carboxylic acids is 1. The molecule has 0 heterocycles.